The van der Waals surface area contributed by atoms with Crippen LogP contribution < -0.4 is 9.80 Å². The molecule has 3 heterocycles. The minimum absolute atomic E-state index is 1.05. The van der Waals surface area contributed by atoms with Crippen LogP contribution in [0.25, 0.3) is 101 Å². The summed E-state index contributed by atoms with van der Waals surface area (Å²) < 4.78 is 7.54. The molecule has 12 aromatic carbocycles. The molecule has 0 saturated carbocycles. The summed E-state index contributed by atoms with van der Waals surface area (Å²) in [4.78, 5) is 4.94. The van der Waals surface area contributed by atoms with Gasteiger partial charge in [0.25, 0.3) is 0 Å². The van der Waals surface area contributed by atoms with Gasteiger partial charge >= 0.3 is 0 Å². The minimum atomic E-state index is 1.05. The lowest BCUT2D eigenvalue weighted by Gasteiger charge is -2.31. The van der Waals surface area contributed by atoms with Crippen molar-refractivity contribution in [3.05, 3.63) is 273 Å². The summed E-state index contributed by atoms with van der Waals surface area (Å²) in [5.41, 5.74) is 14.6. The van der Waals surface area contributed by atoms with E-state index in [4.69, 9.17) is 0 Å². The second-order valence-electron chi connectivity index (χ2n) is 19.3. The van der Waals surface area contributed by atoms with Crippen molar-refractivity contribution in [3.8, 4) is 27.9 Å². The summed E-state index contributed by atoms with van der Waals surface area (Å²) in [6.07, 6.45) is 0. The quantitative estimate of drug-likeness (QED) is 0.143. The van der Waals surface area contributed by atoms with Crippen LogP contribution in [0.5, 0.6) is 0 Å². The van der Waals surface area contributed by atoms with E-state index >= 15 is 0 Å². The van der Waals surface area contributed by atoms with Gasteiger partial charge in [-0.2, -0.15) is 0 Å². The number of benzene rings is 12. The van der Waals surface area contributed by atoms with Crippen LogP contribution in [0.2, 0.25) is 0 Å². The molecule has 0 aliphatic heterocycles. The molecule has 3 nitrogen and oxygen atoms in total. The molecule has 352 valence electrons. The van der Waals surface area contributed by atoms with Gasteiger partial charge in [0.1, 0.15) is 0 Å². The molecule has 75 heavy (non-hydrogen) atoms. The molecule has 15 rings (SSSR count). The Kier molecular flexibility index (Phi) is 10.3. The number of rotatable bonds is 9. The summed E-state index contributed by atoms with van der Waals surface area (Å²) >= 11 is 3.73. The van der Waals surface area contributed by atoms with E-state index in [1.54, 1.807) is 0 Å². The van der Waals surface area contributed by atoms with Crippen LogP contribution in [-0.2, 0) is 0 Å². The lowest BCUT2D eigenvalue weighted by Crippen LogP contribution is -2.13. The van der Waals surface area contributed by atoms with Crippen LogP contribution in [0.4, 0.5) is 34.1 Å². The fourth-order valence-electron chi connectivity index (χ4n) is 11.5. The molecule has 0 atom stereocenters. The van der Waals surface area contributed by atoms with Crippen molar-refractivity contribution in [2.45, 2.75) is 0 Å². The lowest BCUT2D eigenvalue weighted by molar-refractivity contribution is 1.18. The predicted octanol–water partition coefficient (Wildman–Crippen LogP) is 20.9. The van der Waals surface area contributed by atoms with E-state index in [9.17, 15) is 0 Å². The van der Waals surface area contributed by atoms with Crippen LogP contribution in [-0.4, -0.2) is 4.57 Å². The summed E-state index contributed by atoms with van der Waals surface area (Å²) in [5, 5.41) is 10.0. The van der Waals surface area contributed by atoms with Gasteiger partial charge in [0.2, 0.25) is 0 Å². The molecule has 0 unspecified atom stereocenters. The van der Waals surface area contributed by atoms with Crippen LogP contribution in [0.15, 0.2) is 273 Å². The van der Waals surface area contributed by atoms with Crippen LogP contribution in [0, 0.1) is 0 Å². The normalized spacial score (nSPS) is 11.7. The third-order valence-electron chi connectivity index (χ3n) is 14.9. The number of hydrogen-bond donors (Lipinski definition) is 0. The molecule has 0 fully saturated rings. The van der Waals surface area contributed by atoms with E-state index in [1.165, 1.54) is 78.5 Å². The molecule has 5 heteroatoms. The van der Waals surface area contributed by atoms with Crippen molar-refractivity contribution in [1.29, 1.82) is 0 Å². The molecule has 15 aromatic rings. The fourth-order valence-corrected chi connectivity index (χ4v) is 13.8. The van der Waals surface area contributed by atoms with Crippen molar-refractivity contribution in [2.24, 2.45) is 0 Å². The molecule has 0 radical (unpaired) electrons. The number of fused-ring (bicyclic) bond motifs is 11. The molecule has 0 aliphatic rings. The Hall–Kier alpha value is -9.26. The maximum absolute atomic E-state index is 2.52. The van der Waals surface area contributed by atoms with E-state index in [-0.39, 0.29) is 0 Å². The zero-order valence-corrected chi connectivity index (χ0v) is 42.3. The zero-order valence-electron chi connectivity index (χ0n) is 40.6. The monoisotopic (exact) mass is 991 g/mol. The van der Waals surface area contributed by atoms with Gasteiger partial charge in [0, 0.05) is 80.5 Å². The number of anilines is 6. The topological polar surface area (TPSA) is 11.4 Å². The number of para-hydroxylation sites is 2. The van der Waals surface area contributed by atoms with Crippen molar-refractivity contribution >= 4 is 130 Å². The number of thiophene rings is 2. The standard InChI is InChI=1S/C70H45N3S2/c1-4-17-46(18-5-1)47-31-35-53(36-32-47)71(51-20-6-2-7-21-51)55-41-50(49-33-38-61-65(43-49)73(52-22-8-3-9-23-52)63-39-34-48-19-10-11-24-57(48)69(61)63)42-56(44-55)72(54-37-40-68-62(45-54)59-26-13-14-29-66(59)74-68)64-28-16-27-60-58-25-12-15-30-67(58)75-70(60)64/h1-45H. The molecule has 0 N–H and O–H groups in total. The molecular weight excluding hydrogens is 947 g/mol. The Morgan fingerprint density at radius 1 is 0.280 bits per heavy atom. The van der Waals surface area contributed by atoms with Gasteiger partial charge in [-0.1, -0.05) is 170 Å². The Morgan fingerprint density at radius 3 is 1.65 bits per heavy atom. The van der Waals surface area contributed by atoms with Crippen molar-refractivity contribution < 1.29 is 0 Å². The first-order chi connectivity index (χ1) is 37.2. The van der Waals surface area contributed by atoms with Crippen molar-refractivity contribution in [3.63, 3.8) is 0 Å². The predicted molar refractivity (Wildman–Crippen MR) is 324 cm³/mol. The van der Waals surface area contributed by atoms with Crippen LogP contribution in [0.1, 0.15) is 0 Å². The number of nitrogens with zero attached hydrogens (tertiary/aromatic N) is 3. The molecule has 0 aliphatic carbocycles. The SMILES string of the molecule is c1ccc(-c2ccc(N(c3ccccc3)c3cc(-c4ccc5c6c7ccccc7ccc6n(-c6ccccc6)c5c4)cc(N(c4ccc5sc6ccccc6c5c4)c4cccc5c4sc4ccccc45)c3)cc2)cc1. The second-order valence-corrected chi connectivity index (χ2v) is 21.4. The third kappa shape index (κ3) is 7.31. The van der Waals surface area contributed by atoms with E-state index in [2.05, 4.69) is 287 Å². The zero-order chi connectivity index (χ0) is 49.4. The van der Waals surface area contributed by atoms with Crippen LogP contribution >= 0.6 is 22.7 Å². The van der Waals surface area contributed by atoms with Crippen molar-refractivity contribution in [1.82, 2.24) is 4.57 Å². The lowest BCUT2D eigenvalue weighted by atomic mass is 9.99. The van der Waals surface area contributed by atoms with Gasteiger partial charge in [0.05, 0.1) is 21.4 Å². The second kappa shape index (κ2) is 17.7. The average molecular weight is 992 g/mol. The minimum Gasteiger partial charge on any atom is -0.310 e. The first-order valence-electron chi connectivity index (χ1n) is 25.5. The molecule has 0 saturated heterocycles. The van der Waals surface area contributed by atoms with Gasteiger partial charge in [-0.25, -0.2) is 0 Å². The summed E-state index contributed by atoms with van der Waals surface area (Å²) in [6.45, 7) is 0. The van der Waals surface area contributed by atoms with Gasteiger partial charge < -0.3 is 14.4 Å². The Balaban J connectivity index is 1.02. The van der Waals surface area contributed by atoms with Gasteiger partial charge in [-0.05, 0) is 136 Å². The smallest absolute Gasteiger partial charge is 0.0640 e. The van der Waals surface area contributed by atoms with E-state index < -0.39 is 0 Å². The Labute approximate surface area is 442 Å². The first kappa shape index (κ1) is 43.3. The largest absolute Gasteiger partial charge is 0.310 e. The third-order valence-corrected chi connectivity index (χ3v) is 17.3. The van der Waals surface area contributed by atoms with E-state index in [1.807, 2.05) is 22.7 Å². The highest BCUT2D eigenvalue weighted by Gasteiger charge is 2.24. The highest BCUT2D eigenvalue weighted by atomic mass is 32.1. The van der Waals surface area contributed by atoms with E-state index in [0.717, 1.165) is 56.5 Å². The van der Waals surface area contributed by atoms with Crippen LogP contribution in [0.3, 0.4) is 0 Å². The maximum Gasteiger partial charge on any atom is 0.0640 e. The molecule has 3 aromatic heterocycles. The fraction of sp³-hybridized carbons (Fsp3) is 0. The summed E-state index contributed by atoms with van der Waals surface area (Å²) in [6, 6.07) is 101. The summed E-state index contributed by atoms with van der Waals surface area (Å²) in [5.74, 6) is 0. The number of aromatic nitrogens is 1. The Morgan fingerprint density at radius 2 is 0.867 bits per heavy atom. The average Bonchev–Trinajstić information content (AvgIpc) is 4.18. The number of hydrogen-bond acceptors (Lipinski definition) is 4. The summed E-state index contributed by atoms with van der Waals surface area (Å²) in [7, 11) is 0. The van der Waals surface area contributed by atoms with Gasteiger partial charge in [-0.15, -0.1) is 22.7 Å². The highest BCUT2D eigenvalue weighted by Crippen LogP contribution is 2.50. The Bertz CT molecular complexity index is 4650. The molecular formula is C70H45N3S2. The van der Waals surface area contributed by atoms with Crippen molar-refractivity contribution in [2.75, 3.05) is 9.80 Å². The molecule has 0 bridgehead atoms. The first-order valence-corrected chi connectivity index (χ1v) is 27.1. The molecule has 0 spiro atoms. The maximum atomic E-state index is 2.52. The van der Waals surface area contributed by atoms with Gasteiger partial charge in [-0.3, -0.25) is 0 Å². The van der Waals surface area contributed by atoms with Gasteiger partial charge in [0.15, 0.2) is 0 Å². The van der Waals surface area contributed by atoms with E-state index in [0.29, 0.717) is 0 Å². The molecule has 0 amide bonds. The highest BCUT2D eigenvalue weighted by molar-refractivity contribution is 7.26.